The highest BCUT2D eigenvalue weighted by Crippen LogP contribution is 2.37. The van der Waals surface area contributed by atoms with Crippen molar-refractivity contribution >= 4 is 5.91 Å². The second kappa shape index (κ2) is 6.25. The fraction of sp³-hybridized carbons (Fsp3) is 0.938. The first-order valence-corrected chi connectivity index (χ1v) is 8.16. The third-order valence-electron chi connectivity index (χ3n) is 4.62. The van der Waals surface area contributed by atoms with Crippen LogP contribution in [-0.4, -0.2) is 29.1 Å². The van der Waals surface area contributed by atoms with Crippen LogP contribution >= 0.6 is 0 Å². The number of hydrogen-bond donors (Lipinski definition) is 1. The van der Waals surface area contributed by atoms with Gasteiger partial charge in [-0.3, -0.25) is 10.1 Å². The topological polar surface area (TPSA) is 32.3 Å². The molecular weight excluding hydrogens is 236 g/mol. The molecule has 1 N–H and O–H groups in total. The molecule has 1 aliphatic carbocycles. The number of nitrogens with zero attached hydrogens (tertiary/aromatic N) is 1. The SMILES string of the molecule is CCCC1NC(C(C)C)C(=O)N1C(CC)CC1CC1. The summed E-state index contributed by atoms with van der Waals surface area (Å²) in [6.07, 6.45) is 7.54. The van der Waals surface area contributed by atoms with Crippen molar-refractivity contribution in [3.8, 4) is 0 Å². The lowest BCUT2D eigenvalue weighted by Crippen LogP contribution is -2.44. The Labute approximate surface area is 118 Å². The average molecular weight is 266 g/mol. The molecule has 3 heteroatoms. The van der Waals surface area contributed by atoms with Gasteiger partial charge in [0.1, 0.15) is 0 Å². The summed E-state index contributed by atoms with van der Waals surface area (Å²) >= 11 is 0. The third kappa shape index (κ3) is 3.31. The molecule has 1 amide bonds. The van der Waals surface area contributed by atoms with Crippen molar-refractivity contribution < 1.29 is 4.79 Å². The summed E-state index contributed by atoms with van der Waals surface area (Å²) < 4.78 is 0. The van der Waals surface area contributed by atoms with Gasteiger partial charge < -0.3 is 4.90 Å². The second-order valence-corrected chi connectivity index (χ2v) is 6.68. The predicted molar refractivity (Wildman–Crippen MR) is 78.7 cm³/mol. The maximum absolute atomic E-state index is 12.7. The summed E-state index contributed by atoms with van der Waals surface area (Å²) in [6, 6.07) is 0.484. The maximum atomic E-state index is 12.7. The zero-order valence-corrected chi connectivity index (χ0v) is 13.0. The standard InChI is InChI=1S/C16H30N2O/c1-5-7-14-17-15(11(3)4)16(19)18(14)13(6-2)10-12-8-9-12/h11-15,17H,5-10H2,1-4H3. The first-order valence-electron chi connectivity index (χ1n) is 8.16. The van der Waals surface area contributed by atoms with Crippen molar-refractivity contribution in [2.75, 3.05) is 0 Å². The molecular formula is C16H30N2O. The molecule has 0 bridgehead atoms. The zero-order chi connectivity index (χ0) is 14.0. The Morgan fingerprint density at radius 3 is 2.47 bits per heavy atom. The quantitative estimate of drug-likeness (QED) is 0.768. The Bertz CT molecular complexity index is 312. The maximum Gasteiger partial charge on any atom is 0.241 e. The number of amides is 1. The van der Waals surface area contributed by atoms with E-state index in [-0.39, 0.29) is 12.2 Å². The van der Waals surface area contributed by atoms with E-state index < -0.39 is 0 Å². The lowest BCUT2D eigenvalue weighted by molar-refractivity contribution is -0.133. The van der Waals surface area contributed by atoms with Crippen molar-refractivity contribution in [2.24, 2.45) is 11.8 Å². The molecule has 3 atom stereocenters. The molecule has 19 heavy (non-hydrogen) atoms. The fourth-order valence-electron chi connectivity index (χ4n) is 3.30. The fourth-order valence-corrected chi connectivity index (χ4v) is 3.30. The number of nitrogens with one attached hydrogen (secondary N) is 1. The van der Waals surface area contributed by atoms with Crippen LogP contribution in [0.1, 0.15) is 66.2 Å². The molecule has 1 heterocycles. The van der Waals surface area contributed by atoms with E-state index >= 15 is 0 Å². The molecule has 3 unspecified atom stereocenters. The first kappa shape index (κ1) is 14.8. The highest BCUT2D eigenvalue weighted by atomic mass is 16.2. The van der Waals surface area contributed by atoms with Crippen LogP contribution in [0, 0.1) is 11.8 Å². The van der Waals surface area contributed by atoms with Crippen LogP contribution < -0.4 is 5.32 Å². The lowest BCUT2D eigenvalue weighted by Gasteiger charge is -2.32. The van der Waals surface area contributed by atoms with Crippen LogP contribution in [0.4, 0.5) is 0 Å². The second-order valence-electron chi connectivity index (χ2n) is 6.68. The molecule has 0 aromatic heterocycles. The van der Waals surface area contributed by atoms with Gasteiger partial charge >= 0.3 is 0 Å². The van der Waals surface area contributed by atoms with Gasteiger partial charge in [0, 0.05) is 6.04 Å². The van der Waals surface area contributed by atoms with E-state index in [2.05, 4.69) is 37.9 Å². The van der Waals surface area contributed by atoms with Gasteiger partial charge in [0.2, 0.25) is 5.91 Å². The minimum Gasteiger partial charge on any atom is -0.323 e. The lowest BCUT2D eigenvalue weighted by atomic mass is 10.0. The Morgan fingerprint density at radius 2 is 2.00 bits per heavy atom. The Morgan fingerprint density at radius 1 is 1.32 bits per heavy atom. The van der Waals surface area contributed by atoms with E-state index in [0.29, 0.717) is 17.9 Å². The molecule has 0 aromatic carbocycles. The molecule has 1 saturated heterocycles. The molecule has 1 saturated carbocycles. The van der Waals surface area contributed by atoms with Gasteiger partial charge in [-0.05, 0) is 31.1 Å². The van der Waals surface area contributed by atoms with E-state index in [1.807, 2.05) is 0 Å². The summed E-state index contributed by atoms with van der Waals surface area (Å²) in [5, 5.41) is 3.58. The summed E-state index contributed by atoms with van der Waals surface area (Å²) in [4.78, 5) is 14.9. The van der Waals surface area contributed by atoms with Crippen LogP contribution in [0.25, 0.3) is 0 Å². The molecule has 2 rings (SSSR count). The minimum atomic E-state index is 0.0322. The van der Waals surface area contributed by atoms with Crippen LogP contribution in [-0.2, 0) is 4.79 Å². The zero-order valence-electron chi connectivity index (χ0n) is 13.0. The van der Waals surface area contributed by atoms with E-state index in [0.717, 1.165) is 25.2 Å². The van der Waals surface area contributed by atoms with Gasteiger partial charge in [-0.1, -0.05) is 47.0 Å². The Hall–Kier alpha value is -0.570. The molecule has 3 nitrogen and oxygen atoms in total. The van der Waals surface area contributed by atoms with Crippen molar-refractivity contribution in [3.63, 3.8) is 0 Å². The summed E-state index contributed by atoms with van der Waals surface area (Å²) in [5.41, 5.74) is 0. The van der Waals surface area contributed by atoms with Gasteiger partial charge in [-0.2, -0.15) is 0 Å². The molecule has 0 spiro atoms. The van der Waals surface area contributed by atoms with Crippen LogP contribution in [0.2, 0.25) is 0 Å². The molecule has 0 aromatic rings. The summed E-state index contributed by atoms with van der Waals surface area (Å²) in [5.74, 6) is 1.62. The van der Waals surface area contributed by atoms with Crippen LogP contribution in [0.5, 0.6) is 0 Å². The molecule has 110 valence electrons. The molecule has 0 radical (unpaired) electrons. The van der Waals surface area contributed by atoms with E-state index in [1.165, 1.54) is 19.3 Å². The number of rotatable bonds is 7. The van der Waals surface area contributed by atoms with Crippen LogP contribution in [0.15, 0.2) is 0 Å². The Kier molecular flexibility index (Phi) is 4.88. The van der Waals surface area contributed by atoms with E-state index in [4.69, 9.17) is 0 Å². The van der Waals surface area contributed by atoms with Gasteiger partial charge in [-0.15, -0.1) is 0 Å². The molecule has 2 aliphatic rings. The normalized spacial score (nSPS) is 29.3. The monoisotopic (exact) mass is 266 g/mol. The number of hydrogen-bond acceptors (Lipinski definition) is 2. The number of carbonyl (C=O) groups is 1. The average Bonchev–Trinajstić information content (AvgIpc) is 3.12. The van der Waals surface area contributed by atoms with Crippen molar-refractivity contribution in [2.45, 2.75) is 84.5 Å². The summed E-state index contributed by atoms with van der Waals surface area (Å²) in [6.45, 7) is 8.72. The minimum absolute atomic E-state index is 0.0322. The van der Waals surface area contributed by atoms with Gasteiger partial charge in [0.05, 0.1) is 12.2 Å². The van der Waals surface area contributed by atoms with Crippen molar-refractivity contribution in [1.82, 2.24) is 10.2 Å². The Balaban J connectivity index is 2.09. The smallest absolute Gasteiger partial charge is 0.241 e. The highest BCUT2D eigenvalue weighted by molar-refractivity contribution is 5.85. The summed E-state index contributed by atoms with van der Waals surface area (Å²) in [7, 11) is 0. The van der Waals surface area contributed by atoms with Gasteiger partial charge in [0.25, 0.3) is 0 Å². The highest BCUT2D eigenvalue weighted by Gasteiger charge is 2.43. The van der Waals surface area contributed by atoms with E-state index in [1.54, 1.807) is 0 Å². The predicted octanol–water partition coefficient (Wildman–Crippen LogP) is 3.15. The van der Waals surface area contributed by atoms with Gasteiger partial charge in [0.15, 0.2) is 0 Å². The van der Waals surface area contributed by atoms with Crippen molar-refractivity contribution in [3.05, 3.63) is 0 Å². The van der Waals surface area contributed by atoms with Gasteiger partial charge in [-0.25, -0.2) is 0 Å². The first-order chi connectivity index (χ1) is 9.08. The van der Waals surface area contributed by atoms with E-state index in [9.17, 15) is 4.79 Å². The van der Waals surface area contributed by atoms with Crippen LogP contribution in [0.3, 0.4) is 0 Å². The largest absolute Gasteiger partial charge is 0.323 e. The molecule has 2 fully saturated rings. The third-order valence-corrected chi connectivity index (χ3v) is 4.62. The number of carbonyl (C=O) groups excluding carboxylic acids is 1. The molecule has 1 aliphatic heterocycles. The van der Waals surface area contributed by atoms with Crippen molar-refractivity contribution in [1.29, 1.82) is 0 Å².